The summed E-state index contributed by atoms with van der Waals surface area (Å²) in [6.07, 6.45) is 2.61. The van der Waals surface area contributed by atoms with Crippen molar-refractivity contribution in [1.29, 1.82) is 0 Å². The van der Waals surface area contributed by atoms with E-state index in [4.69, 9.17) is 5.73 Å². The van der Waals surface area contributed by atoms with E-state index in [2.05, 4.69) is 5.32 Å². The van der Waals surface area contributed by atoms with Gasteiger partial charge in [-0.25, -0.2) is 0 Å². The second kappa shape index (κ2) is 6.73. The first-order chi connectivity index (χ1) is 8.51. The number of piperidine rings is 1. The number of nitrogens with one attached hydrogen (secondary N) is 1. The van der Waals surface area contributed by atoms with Gasteiger partial charge in [-0.15, -0.1) is 0 Å². The molecule has 5 nitrogen and oxygen atoms in total. The second-order valence-electron chi connectivity index (χ2n) is 5.15. The summed E-state index contributed by atoms with van der Waals surface area (Å²) in [5, 5.41) is 2.65. The zero-order valence-electron chi connectivity index (χ0n) is 11.6. The average Bonchev–Trinajstić information content (AvgIpc) is 2.43. The number of nitrogens with two attached hydrogens (primary N) is 1. The van der Waals surface area contributed by atoms with Crippen LogP contribution in [0.1, 0.15) is 33.1 Å². The molecule has 1 heterocycles. The Bertz CT molecular complexity index is 307. The van der Waals surface area contributed by atoms with E-state index in [0.717, 1.165) is 25.8 Å². The van der Waals surface area contributed by atoms with Crippen LogP contribution < -0.4 is 11.1 Å². The van der Waals surface area contributed by atoms with Crippen LogP contribution in [0.4, 0.5) is 0 Å². The van der Waals surface area contributed by atoms with Crippen molar-refractivity contribution in [2.45, 2.75) is 39.2 Å². The maximum atomic E-state index is 12.2. The van der Waals surface area contributed by atoms with Crippen LogP contribution in [0.25, 0.3) is 0 Å². The van der Waals surface area contributed by atoms with Crippen molar-refractivity contribution < 1.29 is 9.59 Å². The molecule has 1 rings (SSSR count). The summed E-state index contributed by atoms with van der Waals surface area (Å²) >= 11 is 0. The van der Waals surface area contributed by atoms with E-state index in [9.17, 15) is 9.59 Å². The molecule has 1 aliphatic rings. The van der Waals surface area contributed by atoms with Crippen molar-refractivity contribution in [2.75, 3.05) is 20.1 Å². The Balaban J connectivity index is 2.61. The van der Waals surface area contributed by atoms with Gasteiger partial charge < -0.3 is 16.0 Å². The molecule has 3 N–H and O–H groups in total. The standard InChI is InChI=1S/C13H25N3O2/c1-4-9(2)11(14)13(18)16-7-5-6-10(8-16)12(17)15-3/h9-11H,4-8,14H2,1-3H3,(H,15,17). The van der Waals surface area contributed by atoms with E-state index >= 15 is 0 Å². The largest absolute Gasteiger partial charge is 0.359 e. The topological polar surface area (TPSA) is 75.4 Å². The number of carbonyl (C=O) groups excluding carboxylic acids is 2. The van der Waals surface area contributed by atoms with E-state index in [1.54, 1.807) is 11.9 Å². The minimum atomic E-state index is -0.446. The number of nitrogens with zero attached hydrogens (tertiary/aromatic N) is 1. The normalized spacial score (nSPS) is 23.3. The summed E-state index contributed by atoms with van der Waals surface area (Å²) < 4.78 is 0. The first kappa shape index (κ1) is 15.0. The summed E-state index contributed by atoms with van der Waals surface area (Å²) in [5.41, 5.74) is 5.96. The van der Waals surface area contributed by atoms with Gasteiger partial charge in [0, 0.05) is 20.1 Å². The molecule has 18 heavy (non-hydrogen) atoms. The highest BCUT2D eigenvalue weighted by Crippen LogP contribution is 2.18. The highest BCUT2D eigenvalue weighted by atomic mass is 16.2. The third kappa shape index (κ3) is 3.45. The predicted molar refractivity (Wildman–Crippen MR) is 70.8 cm³/mol. The monoisotopic (exact) mass is 255 g/mol. The molecule has 0 saturated carbocycles. The van der Waals surface area contributed by atoms with Gasteiger partial charge in [0.1, 0.15) is 0 Å². The average molecular weight is 255 g/mol. The van der Waals surface area contributed by atoms with Crippen LogP contribution in [-0.2, 0) is 9.59 Å². The molecule has 5 heteroatoms. The lowest BCUT2D eigenvalue weighted by Gasteiger charge is -2.34. The van der Waals surface area contributed by atoms with E-state index < -0.39 is 6.04 Å². The Kier molecular flexibility index (Phi) is 5.59. The lowest BCUT2D eigenvalue weighted by atomic mass is 9.94. The van der Waals surface area contributed by atoms with Gasteiger partial charge in [0.05, 0.1) is 12.0 Å². The Morgan fingerprint density at radius 2 is 2.17 bits per heavy atom. The molecule has 1 saturated heterocycles. The van der Waals surface area contributed by atoms with Crippen LogP contribution in [0.5, 0.6) is 0 Å². The number of hydrogen-bond donors (Lipinski definition) is 2. The van der Waals surface area contributed by atoms with E-state index in [-0.39, 0.29) is 23.7 Å². The molecule has 1 aliphatic heterocycles. The SMILES string of the molecule is CCC(C)C(N)C(=O)N1CCCC(C(=O)NC)C1. The molecule has 0 radical (unpaired) electrons. The van der Waals surface area contributed by atoms with E-state index in [0.29, 0.717) is 6.54 Å². The molecular weight excluding hydrogens is 230 g/mol. The van der Waals surface area contributed by atoms with Gasteiger partial charge in [-0.2, -0.15) is 0 Å². The number of amides is 2. The molecule has 3 atom stereocenters. The van der Waals surface area contributed by atoms with Crippen LogP contribution >= 0.6 is 0 Å². The number of rotatable bonds is 4. The molecule has 104 valence electrons. The maximum absolute atomic E-state index is 12.2. The maximum Gasteiger partial charge on any atom is 0.239 e. The first-order valence-corrected chi connectivity index (χ1v) is 6.77. The van der Waals surface area contributed by atoms with Crippen LogP contribution in [0, 0.1) is 11.8 Å². The molecule has 0 aromatic heterocycles. The number of likely N-dealkylation sites (tertiary alicyclic amines) is 1. The molecule has 0 spiro atoms. The lowest BCUT2D eigenvalue weighted by molar-refractivity contribution is -0.137. The Morgan fingerprint density at radius 1 is 1.50 bits per heavy atom. The summed E-state index contributed by atoms with van der Waals surface area (Å²) in [7, 11) is 1.63. The fourth-order valence-corrected chi connectivity index (χ4v) is 2.30. The van der Waals surface area contributed by atoms with Crippen LogP contribution in [-0.4, -0.2) is 42.9 Å². The molecular formula is C13H25N3O2. The van der Waals surface area contributed by atoms with Crippen molar-refractivity contribution in [3.63, 3.8) is 0 Å². The Labute approximate surface area is 109 Å². The van der Waals surface area contributed by atoms with Gasteiger partial charge in [0.2, 0.25) is 11.8 Å². The van der Waals surface area contributed by atoms with Crippen molar-refractivity contribution in [3.05, 3.63) is 0 Å². The fraction of sp³-hybridized carbons (Fsp3) is 0.846. The zero-order valence-corrected chi connectivity index (χ0v) is 11.6. The summed E-state index contributed by atoms with van der Waals surface area (Å²) in [5.74, 6) is 0.0947. The van der Waals surface area contributed by atoms with Crippen molar-refractivity contribution in [2.24, 2.45) is 17.6 Å². The van der Waals surface area contributed by atoms with Crippen molar-refractivity contribution >= 4 is 11.8 Å². The van der Waals surface area contributed by atoms with Crippen LogP contribution in [0.2, 0.25) is 0 Å². The third-order valence-corrected chi connectivity index (χ3v) is 3.89. The molecule has 3 unspecified atom stereocenters. The minimum absolute atomic E-state index is 0.0158. The smallest absolute Gasteiger partial charge is 0.239 e. The van der Waals surface area contributed by atoms with Gasteiger partial charge >= 0.3 is 0 Å². The van der Waals surface area contributed by atoms with E-state index in [1.165, 1.54) is 0 Å². The first-order valence-electron chi connectivity index (χ1n) is 6.77. The Morgan fingerprint density at radius 3 is 2.72 bits per heavy atom. The van der Waals surface area contributed by atoms with Gasteiger partial charge in [-0.3, -0.25) is 9.59 Å². The molecule has 0 bridgehead atoms. The van der Waals surface area contributed by atoms with Gasteiger partial charge in [0.15, 0.2) is 0 Å². The molecule has 0 aromatic carbocycles. The quantitative estimate of drug-likeness (QED) is 0.761. The Hall–Kier alpha value is -1.10. The zero-order chi connectivity index (χ0) is 13.7. The van der Waals surface area contributed by atoms with Crippen LogP contribution in [0.15, 0.2) is 0 Å². The van der Waals surface area contributed by atoms with Gasteiger partial charge in [-0.05, 0) is 18.8 Å². The lowest BCUT2D eigenvalue weighted by Crippen LogP contribution is -2.52. The predicted octanol–water partition coefficient (Wildman–Crippen LogP) is 0.344. The second-order valence-corrected chi connectivity index (χ2v) is 5.15. The van der Waals surface area contributed by atoms with Crippen LogP contribution in [0.3, 0.4) is 0 Å². The minimum Gasteiger partial charge on any atom is -0.359 e. The third-order valence-electron chi connectivity index (χ3n) is 3.89. The number of carbonyl (C=O) groups is 2. The van der Waals surface area contributed by atoms with Gasteiger partial charge in [-0.1, -0.05) is 20.3 Å². The molecule has 1 fully saturated rings. The summed E-state index contributed by atoms with van der Waals surface area (Å²) in [6, 6.07) is -0.446. The highest BCUT2D eigenvalue weighted by Gasteiger charge is 2.31. The highest BCUT2D eigenvalue weighted by molar-refractivity contribution is 5.84. The van der Waals surface area contributed by atoms with E-state index in [1.807, 2.05) is 13.8 Å². The summed E-state index contributed by atoms with van der Waals surface area (Å²) in [4.78, 5) is 25.6. The number of hydrogen-bond acceptors (Lipinski definition) is 3. The van der Waals surface area contributed by atoms with Crippen molar-refractivity contribution in [1.82, 2.24) is 10.2 Å². The van der Waals surface area contributed by atoms with Gasteiger partial charge in [0.25, 0.3) is 0 Å². The molecule has 0 aliphatic carbocycles. The fourth-order valence-electron chi connectivity index (χ4n) is 2.30. The summed E-state index contributed by atoms with van der Waals surface area (Å²) in [6.45, 7) is 5.24. The molecule has 0 aromatic rings. The molecule has 2 amide bonds. The van der Waals surface area contributed by atoms with Crippen molar-refractivity contribution in [3.8, 4) is 0 Å².